The van der Waals surface area contributed by atoms with Crippen LogP contribution < -0.4 is 4.74 Å². The van der Waals surface area contributed by atoms with Crippen molar-refractivity contribution >= 4 is 11.0 Å². The van der Waals surface area contributed by atoms with Crippen molar-refractivity contribution < 1.29 is 4.74 Å². The fourth-order valence-electron chi connectivity index (χ4n) is 4.29. The van der Waals surface area contributed by atoms with Crippen molar-refractivity contribution in [2.75, 3.05) is 26.7 Å². The summed E-state index contributed by atoms with van der Waals surface area (Å²) in [5, 5.41) is 0. The number of benzene rings is 1. The molecule has 2 aliphatic rings. The third kappa shape index (κ3) is 3.23. The van der Waals surface area contributed by atoms with E-state index < -0.39 is 0 Å². The zero-order valence-corrected chi connectivity index (χ0v) is 14.1. The number of likely N-dealkylation sites (tertiary alicyclic amines) is 1. The zero-order chi connectivity index (χ0) is 15.6. The molecule has 4 rings (SSSR count). The van der Waals surface area contributed by atoms with Crippen LogP contribution in [-0.4, -0.2) is 41.6 Å². The van der Waals surface area contributed by atoms with Gasteiger partial charge < -0.3 is 14.6 Å². The van der Waals surface area contributed by atoms with Gasteiger partial charge in [-0.15, -0.1) is 0 Å². The number of H-pyrrole nitrogens is 1. The molecule has 2 aromatic rings. The van der Waals surface area contributed by atoms with Crippen LogP contribution in [0.25, 0.3) is 11.0 Å². The van der Waals surface area contributed by atoms with Crippen LogP contribution in [0.3, 0.4) is 0 Å². The maximum absolute atomic E-state index is 5.30. The van der Waals surface area contributed by atoms with Crippen molar-refractivity contribution in [2.24, 2.45) is 5.92 Å². The van der Waals surface area contributed by atoms with Gasteiger partial charge in [0.25, 0.3) is 0 Å². The molecular weight excluding hydrogens is 286 g/mol. The summed E-state index contributed by atoms with van der Waals surface area (Å²) in [5.41, 5.74) is 2.14. The summed E-state index contributed by atoms with van der Waals surface area (Å²) in [6.45, 7) is 3.68. The Hall–Kier alpha value is -1.55. The monoisotopic (exact) mass is 313 g/mol. The molecule has 2 heterocycles. The number of rotatable bonds is 4. The van der Waals surface area contributed by atoms with E-state index in [1.165, 1.54) is 51.6 Å². The Morgan fingerprint density at radius 2 is 2.09 bits per heavy atom. The van der Waals surface area contributed by atoms with Crippen molar-refractivity contribution in [1.82, 2.24) is 14.9 Å². The Balaban J connectivity index is 1.42. The second-order valence-electron chi connectivity index (χ2n) is 7.25. The molecule has 23 heavy (non-hydrogen) atoms. The molecular formula is C19H27N3O. The van der Waals surface area contributed by atoms with E-state index in [1.54, 1.807) is 7.11 Å². The highest BCUT2D eigenvalue weighted by Crippen LogP contribution is 2.31. The first kappa shape index (κ1) is 15.0. The standard InChI is InChI=1S/C19H27N3O/c1-23-16-7-8-17-18(11-16)21-19(20-17)15-9-10-22(13-15)12-14-5-3-2-4-6-14/h7-8,11,14-15H,2-6,9-10,12-13H2,1H3,(H,20,21). The summed E-state index contributed by atoms with van der Waals surface area (Å²) in [7, 11) is 1.71. The molecule has 1 unspecified atom stereocenters. The van der Waals surface area contributed by atoms with E-state index in [0.29, 0.717) is 5.92 Å². The lowest BCUT2D eigenvalue weighted by atomic mass is 9.89. The van der Waals surface area contributed by atoms with Gasteiger partial charge in [-0.1, -0.05) is 19.3 Å². The van der Waals surface area contributed by atoms with Gasteiger partial charge in [0, 0.05) is 25.1 Å². The minimum atomic E-state index is 0.553. The van der Waals surface area contributed by atoms with E-state index in [1.807, 2.05) is 18.2 Å². The minimum Gasteiger partial charge on any atom is -0.497 e. The summed E-state index contributed by atoms with van der Waals surface area (Å²) in [5.74, 6) is 3.52. The van der Waals surface area contributed by atoms with Crippen LogP contribution in [0.4, 0.5) is 0 Å². The Labute approximate surface area is 138 Å². The molecule has 1 saturated carbocycles. The van der Waals surface area contributed by atoms with Gasteiger partial charge in [-0.05, 0) is 43.9 Å². The van der Waals surface area contributed by atoms with Crippen LogP contribution in [0, 0.1) is 5.92 Å². The normalized spacial score (nSPS) is 23.6. The number of imidazole rings is 1. The number of nitrogens with zero attached hydrogens (tertiary/aromatic N) is 2. The molecule has 1 aliphatic heterocycles. The average Bonchev–Trinajstić information content (AvgIpc) is 3.21. The van der Waals surface area contributed by atoms with Crippen molar-refractivity contribution in [2.45, 2.75) is 44.4 Å². The van der Waals surface area contributed by atoms with Crippen molar-refractivity contribution in [1.29, 1.82) is 0 Å². The van der Waals surface area contributed by atoms with Crippen molar-refractivity contribution in [3.05, 3.63) is 24.0 Å². The van der Waals surface area contributed by atoms with Gasteiger partial charge in [-0.25, -0.2) is 4.98 Å². The Kier molecular flexibility index (Phi) is 4.25. The average molecular weight is 313 g/mol. The highest BCUT2D eigenvalue weighted by Gasteiger charge is 2.28. The van der Waals surface area contributed by atoms with E-state index >= 15 is 0 Å². The number of methoxy groups -OCH3 is 1. The lowest BCUT2D eigenvalue weighted by Crippen LogP contribution is -2.28. The number of aromatic amines is 1. The van der Waals surface area contributed by atoms with Crippen LogP contribution in [0.15, 0.2) is 18.2 Å². The molecule has 1 saturated heterocycles. The molecule has 1 aromatic heterocycles. The number of hydrogen-bond acceptors (Lipinski definition) is 3. The fourth-order valence-corrected chi connectivity index (χ4v) is 4.29. The van der Waals surface area contributed by atoms with Gasteiger partial charge >= 0.3 is 0 Å². The first-order valence-corrected chi connectivity index (χ1v) is 9.08. The molecule has 124 valence electrons. The molecule has 1 N–H and O–H groups in total. The largest absolute Gasteiger partial charge is 0.497 e. The maximum atomic E-state index is 5.30. The van der Waals surface area contributed by atoms with E-state index in [9.17, 15) is 0 Å². The fraction of sp³-hybridized carbons (Fsp3) is 0.632. The third-order valence-corrected chi connectivity index (χ3v) is 5.61. The summed E-state index contributed by atoms with van der Waals surface area (Å²) >= 11 is 0. The number of hydrogen-bond donors (Lipinski definition) is 1. The summed E-state index contributed by atoms with van der Waals surface area (Å²) in [6, 6.07) is 6.07. The molecule has 2 fully saturated rings. The number of aromatic nitrogens is 2. The van der Waals surface area contributed by atoms with Crippen LogP contribution >= 0.6 is 0 Å². The van der Waals surface area contributed by atoms with Crippen LogP contribution in [0.2, 0.25) is 0 Å². The Morgan fingerprint density at radius 3 is 2.91 bits per heavy atom. The second kappa shape index (κ2) is 6.52. The SMILES string of the molecule is COc1ccc2nc(C3CCN(CC4CCCCC4)C3)[nH]c2c1. The molecule has 0 spiro atoms. The number of ether oxygens (including phenoxy) is 1. The van der Waals surface area contributed by atoms with Crippen molar-refractivity contribution in [3.63, 3.8) is 0 Å². The first-order chi connectivity index (χ1) is 11.3. The summed E-state index contributed by atoms with van der Waals surface area (Å²) < 4.78 is 5.30. The van der Waals surface area contributed by atoms with Crippen molar-refractivity contribution in [3.8, 4) is 5.75 Å². The first-order valence-electron chi connectivity index (χ1n) is 9.08. The molecule has 1 aliphatic carbocycles. The third-order valence-electron chi connectivity index (χ3n) is 5.61. The molecule has 1 atom stereocenters. The van der Waals surface area contributed by atoms with Gasteiger partial charge in [0.1, 0.15) is 11.6 Å². The highest BCUT2D eigenvalue weighted by molar-refractivity contribution is 5.76. The number of nitrogens with one attached hydrogen (secondary N) is 1. The van der Waals surface area contributed by atoms with Gasteiger partial charge in [0.05, 0.1) is 18.1 Å². The minimum absolute atomic E-state index is 0.553. The van der Waals surface area contributed by atoms with Gasteiger partial charge in [0.15, 0.2) is 0 Å². The lowest BCUT2D eigenvalue weighted by molar-refractivity contribution is 0.232. The van der Waals surface area contributed by atoms with E-state index in [2.05, 4.69) is 9.88 Å². The van der Waals surface area contributed by atoms with Gasteiger partial charge in [0.2, 0.25) is 0 Å². The van der Waals surface area contributed by atoms with E-state index in [0.717, 1.165) is 35.1 Å². The summed E-state index contributed by atoms with van der Waals surface area (Å²) in [6.07, 6.45) is 8.42. The second-order valence-corrected chi connectivity index (χ2v) is 7.25. The zero-order valence-electron chi connectivity index (χ0n) is 14.1. The highest BCUT2D eigenvalue weighted by atomic mass is 16.5. The predicted octanol–water partition coefficient (Wildman–Crippen LogP) is 3.94. The Morgan fingerprint density at radius 1 is 1.22 bits per heavy atom. The predicted molar refractivity (Wildman–Crippen MR) is 93.0 cm³/mol. The van der Waals surface area contributed by atoms with Gasteiger partial charge in [-0.3, -0.25) is 0 Å². The quantitative estimate of drug-likeness (QED) is 0.929. The summed E-state index contributed by atoms with van der Waals surface area (Å²) in [4.78, 5) is 11.0. The van der Waals surface area contributed by atoms with E-state index in [4.69, 9.17) is 9.72 Å². The molecule has 1 aromatic carbocycles. The maximum Gasteiger partial charge on any atom is 0.121 e. The van der Waals surface area contributed by atoms with Crippen LogP contribution in [0.5, 0.6) is 5.75 Å². The topological polar surface area (TPSA) is 41.1 Å². The molecule has 4 heteroatoms. The smallest absolute Gasteiger partial charge is 0.121 e. The Bertz CT molecular complexity index is 660. The molecule has 0 bridgehead atoms. The molecule has 0 radical (unpaired) electrons. The molecule has 4 nitrogen and oxygen atoms in total. The number of fused-ring (bicyclic) bond motifs is 1. The van der Waals surface area contributed by atoms with Crippen LogP contribution in [0.1, 0.15) is 50.3 Å². The lowest BCUT2D eigenvalue weighted by Gasteiger charge is -2.26. The van der Waals surface area contributed by atoms with E-state index in [-0.39, 0.29) is 0 Å². The van der Waals surface area contributed by atoms with Crippen LogP contribution in [-0.2, 0) is 0 Å². The van der Waals surface area contributed by atoms with Gasteiger partial charge in [-0.2, -0.15) is 0 Å². The molecule has 0 amide bonds.